The zero-order chi connectivity index (χ0) is 10.6. The Balaban J connectivity index is 2.53. The molecule has 0 aliphatic rings. The minimum atomic E-state index is -1.78. The average Bonchev–Trinajstić information content (AvgIpc) is 2.18. The summed E-state index contributed by atoms with van der Waals surface area (Å²) in [6.45, 7) is 0. The summed E-state index contributed by atoms with van der Waals surface area (Å²) in [5.74, 6) is 0. The van der Waals surface area contributed by atoms with Crippen molar-refractivity contribution in [1.29, 1.82) is 0 Å². The van der Waals surface area contributed by atoms with Crippen LogP contribution in [0.1, 0.15) is 5.56 Å². The summed E-state index contributed by atoms with van der Waals surface area (Å²) in [7, 11) is -1.78. The van der Waals surface area contributed by atoms with E-state index in [-0.39, 0.29) is 0 Å². The van der Waals surface area contributed by atoms with Gasteiger partial charge in [-0.1, -0.05) is 30.3 Å². The molecule has 0 saturated carbocycles. The Kier molecular flexibility index (Phi) is 4.09. The first-order valence-electron chi connectivity index (χ1n) is 4.45. The van der Waals surface area contributed by atoms with Crippen LogP contribution in [-0.2, 0) is 6.42 Å². The van der Waals surface area contributed by atoms with Gasteiger partial charge in [-0.3, -0.25) is 0 Å². The summed E-state index contributed by atoms with van der Waals surface area (Å²) in [6, 6.07) is 7.37. The third-order valence-corrected chi connectivity index (χ3v) is 2.06. The molecular formula is C9H14BNO3. The maximum atomic E-state index is 9.23. The van der Waals surface area contributed by atoms with Gasteiger partial charge in [-0.25, -0.2) is 0 Å². The van der Waals surface area contributed by atoms with Gasteiger partial charge in [-0.2, -0.15) is 0 Å². The van der Waals surface area contributed by atoms with Crippen LogP contribution in [0.25, 0.3) is 0 Å². The van der Waals surface area contributed by atoms with Gasteiger partial charge < -0.3 is 20.9 Å². The third-order valence-electron chi connectivity index (χ3n) is 2.06. The first kappa shape index (κ1) is 11.2. The van der Waals surface area contributed by atoms with Crippen LogP contribution in [0.5, 0.6) is 0 Å². The van der Waals surface area contributed by atoms with Gasteiger partial charge >= 0.3 is 7.12 Å². The molecule has 76 valence electrons. The number of aliphatic hydroxyl groups is 1. The van der Waals surface area contributed by atoms with Gasteiger partial charge in [0.05, 0.1) is 0 Å². The molecule has 0 amide bonds. The van der Waals surface area contributed by atoms with E-state index >= 15 is 0 Å². The van der Waals surface area contributed by atoms with E-state index in [4.69, 9.17) is 15.8 Å². The van der Waals surface area contributed by atoms with Crippen LogP contribution in [-0.4, -0.2) is 34.3 Å². The Morgan fingerprint density at radius 3 is 2.29 bits per heavy atom. The molecule has 14 heavy (non-hydrogen) atoms. The maximum Gasteiger partial charge on any atom is 0.483 e. The maximum absolute atomic E-state index is 9.23. The Morgan fingerprint density at radius 2 is 1.79 bits per heavy atom. The van der Waals surface area contributed by atoms with Crippen LogP contribution in [0.2, 0.25) is 0 Å². The van der Waals surface area contributed by atoms with Crippen molar-refractivity contribution in [2.24, 2.45) is 5.73 Å². The molecule has 5 N–H and O–H groups in total. The van der Waals surface area contributed by atoms with E-state index < -0.39 is 19.2 Å². The van der Waals surface area contributed by atoms with Gasteiger partial charge in [0, 0.05) is 6.04 Å². The highest BCUT2D eigenvalue weighted by Gasteiger charge is 2.27. The van der Waals surface area contributed by atoms with Crippen LogP contribution in [0, 0.1) is 0 Å². The van der Waals surface area contributed by atoms with Crippen molar-refractivity contribution in [3.05, 3.63) is 35.9 Å². The van der Waals surface area contributed by atoms with Gasteiger partial charge in [0.1, 0.15) is 6.00 Å². The van der Waals surface area contributed by atoms with E-state index in [1.165, 1.54) is 0 Å². The topological polar surface area (TPSA) is 86.7 Å². The van der Waals surface area contributed by atoms with Gasteiger partial charge in [-0.05, 0) is 12.0 Å². The fourth-order valence-electron chi connectivity index (χ4n) is 1.23. The van der Waals surface area contributed by atoms with Crippen molar-refractivity contribution in [2.45, 2.75) is 18.5 Å². The Morgan fingerprint density at radius 1 is 1.21 bits per heavy atom. The first-order chi connectivity index (χ1) is 6.61. The number of nitrogens with two attached hydrogens (primary N) is 1. The van der Waals surface area contributed by atoms with Crippen molar-refractivity contribution in [3.63, 3.8) is 0 Å². The monoisotopic (exact) mass is 195 g/mol. The fraction of sp³-hybridized carbons (Fsp3) is 0.333. The largest absolute Gasteiger partial charge is 0.483 e. The Labute approximate surface area is 83.1 Å². The lowest BCUT2D eigenvalue weighted by Crippen LogP contribution is -2.47. The number of rotatable bonds is 4. The van der Waals surface area contributed by atoms with Crippen LogP contribution < -0.4 is 5.73 Å². The molecule has 0 aliphatic heterocycles. The van der Waals surface area contributed by atoms with Crippen molar-refractivity contribution < 1.29 is 15.2 Å². The minimum Gasteiger partial charge on any atom is -0.425 e. The molecule has 0 saturated heterocycles. The molecule has 2 atom stereocenters. The number of aliphatic hydroxyl groups excluding tert-OH is 1. The lowest BCUT2D eigenvalue weighted by molar-refractivity contribution is 0.171. The smallest absolute Gasteiger partial charge is 0.425 e. The van der Waals surface area contributed by atoms with E-state index in [1.54, 1.807) is 0 Å². The molecule has 0 aliphatic carbocycles. The van der Waals surface area contributed by atoms with Crippen LogP contribution >= 0.6 is 0 Å². The zero-order valence-electron chi connectivity index (χ0n) is 7.74. The van der Waals surface area contributed by atoms with E-state index in [2.05, 4.69) is 0 Å². The number of hydrogen-bond acceptors (Lipinski definition) is 4. The van der Waals surface area contributed by atoms with Crippen LogP contribution in [0.3, 0.4) is 0 Å². The Hall–Kier alpha value is -0.875. The van der Waals surface area contributed by atoms with Crippen LogP contribution in [0.4, 0.5) is 0 Å². The van der Waals surface area contributed by atoms with Crippen molar-refractivity contribution in [1.82, 2.24) is 0 Å². The molecule has 1 rings (SSSR count). The van der Waals surface area contributed by atoms with E-state index in [0.717, 1.165) is 5.56 Å². The molecule has 0 aromatic heterocycles. The lowest BCUT2D eigenvalue weighted by Gasteiger charge is -2.17. The highest BCUT2D eigenvalue weighted by Crippen LogP contribution is 2.04. The molecule has 0 fully saturated rings. The second kappa shape index (κ2) is 5.12. The fourth-order valence-corrected chi connectivity index (χ4v) is 1.23. The third kappa shape index (κ3) is 3.12. The van der Waals surface area contributed by atoms with E-state index in [9.17, 15) is 5.11 Å². The van der Waals surface area contributed by atoms with E-state index in [1.807, 2.05) is 30.3 Å². The summed E-state index contributed by atoms with van der Waals surface area (Å²) in [5.41, 5.74) is 6.54. The summed E-state index contributed by atoms with van der Waals surface area (Å²) < 4.78 is 0. The first-order valence-corrected chi connectivity index (χ1v) is 4.45. The normalized spacial score (nSPS) is 14.9. The predicted molar refractivity (Wildman–Crippen MR) is 54.3 cm³/mol. The van der Waals surface area contributed by atoms with Crippen molar-refractivity contribution >= 4 is 7.12 Å². The molecule has 0 spiro atoms. The number of benzene rings is 1. The van der Waals surface area contributed by atoms with Gasteiger partial charge in [0.2, 0.25) is 0 Å². The predicted octanol–water partition coefficient (Wildman–Crippen LogP) is -1.07. The molecular weight excluding hydrogens is 181 g/mol. The summed E-state index contributed by atoms with van der Waals surface area (Å²) in [6.07, 6.45) is 0.416. The second-order valence-corrected chi connectivity index (χ2v) is 3.26. The Bertz CT molecular complexity index is 268. The van der Waals surface area contributed by atoms with E-state index in [0.29, 0.717) is 6.42 Å². The van der Waals surface area contributed by atoms with Gasteiger partial charge in [0.15, 0.2) is 0 Å². The average molecular weight is 195 g/mol. The quantitative estimate of drug-likeness (QED) is 0.460. The zero-order valence-corrected chi connectivity index (χ0v) is 7.74. The SMILES string of the molecule is N[C@@H](Cc1ccccc1)C(O)B(O)O. The second-order valence-electron chi connectivity index (χ2n) is 3.26. The molecule has 1 unspecified atom stereocenters. The van der Waals surface area contributed by atoms with Gasteiger partial charge in [0.25, 0.3) is 0 Å². The highest BCUT2D eigenvalue weighted by atomic mass is 16.4. The lowest BCUT2D eigenvalue weighted by atomic mass is 9.76. The van der Waals surface area contributed by atoms with Gasteiger partial charge in [-0.15, -0.1) is 0 Å². The number of hydrogen-bond donors (Lipinski definition) is 4. The standard InChI is InChI=1S/C9H14BNO3/c11-8(9(12)10(13)14)6-7-4-2-1-3-5-7/h1-5,8-9,12-14H,6,11H2/t8-,9?/m0/s1. The molecule has 0 radical (unpaired) electrons. The highest BCUT2D eigenvalue weighted by molar-refractivity contribution is 6.42. The molecule has 1 aromatic carbocycles. The molecule has 1 aromatic rings. The van der Waals surface area contributed by atoms with Crippen LogP contribution in [0.15, 0.2) is 30.3 Å². The molecule has 4 nitrogen and oxygen atoms in total. The molecule has 0 bridgehead atoms. The summed E-state index contributed by atoms with van der Waals surface area (Å²) in [4.78, 5) is 0. The summed E-state index contributed by atoms with van der Waals surface area (Å²) >= 11 is 0. The molecule has 5 heteroatoms. The molecule has 0 heterocycles. The minimum absolute atomic E-state index is 0.416. The van der Waals surface area contributed by atoms with Crippen molar-refractivity contribution in [3.8, 4) is 0 Å². The summed E-state index contributed by atoms with van der Waals surface area (Å²) in [5, 5.41) is 26.6. The van der Waals surface area contributed by atoms with Crippen molar-refractivity contribution in [2.75, 3.05) is 0 Å².